The summed E-state index contributed by atoms with van der Waals surface area (Å²) < 4.78 is 0. The van der Waals surface area contributed by atoms with Gasteiger partial charge >= 0.3 is 0 Å². The molecule has 0 heterocycles. The minimum atomic E-state index is 0.948. The highest BCUT2D eigenvalue weighted by atomic mass is 14.8. The topological polar surface area (TPSA) is 35.9 Å². The van der Waals surface area contributed by atoms with Gasteiger partial charge in [0.1, 0.15) is 0 Å². The molecule has 0 rings (SSSR count). The summed E-state index contributed by atoms with van der Waals surface area (Å²) in [5.74, 6) is 0. The number of unbranched alkanes of at least 4 members (excludes halogenated alkanes) is 3. The van der Waals surface area contributed by atoms with Crippen LogP contribution < -0.4 is 5.32 Å². The Morgan fingerprint density at radius 2 is 2.11 bits per heavy atom. The molecular formula is C7H16N2. The lowest BCUT2D eigenvalue weighted by Crippen LogP contribution is -2.06. The van der Waals surface area contributed by atoms with Crippen LogP contribution in [0.2, 0.25) is 0 Å². The summed E-state index contributed by atoms with van der Waals surface area (Å²) >= 11 is 0. The van der Waals surface area contributed by atoms with Gasteiger partial charge in [-0.2, -0.15) is 0 Å². The number of hydrogen-bond acceptors (Lipinski definition) is 2. The Balaban J connectivity index is 2.66. The Kier molecular flexibility index (Phi) is 7.32. The molecule has 0 amide bonds. The summed E-state index contributed by atoms with van der Waals surface area (Å²) in [4.78, 5) is 0. The van der Waals surface area contributed by atoms with Crippen LogP contribution in [-0.2, 0) is 0 Å². The summed E-state index contributed by atoms with van der Waals surface area (Å²) in [6.45, 7) is 1.11. The van der Waals surface area contributed by atoms with Crippen molar-refractivity contribution < 1.29 is 0 Å². The predicted molar refractivity (Wildman–Crippen MR) is 41.2 cm³/mol. The highest BCUT2D eigenvalue weighted by Gasteiger charge is 1.84. The molecule has 0 bridgehead atoms. The van der Waals surface area contributed by atoms with Crippen molar-refractivity contribution in [3.63, 3.8) is 0 Å². The van der Waals surface area contributed by atoms with Crippen molar-refractivity contribution in [1.29, 1.82) is 5.41 Å². The zero-order valence-corrected chi connectivity index (χ0v) is 6.11. The van der Waals surface area contributed by atoms with Crippen LogP contribution in [0, 0.1) is 5.41 Å². The smallest absolute Gasteiger partial charge is 0.00477 e. The van der Waals surface area contributed by atoms with E-state index in [1.54, 1.807) is 0 Å². The maximum Gasteiger partial charge on any atom is -0.00477 e. The van der Waals surface area contributed by atoms with E-state index in [1.807, 2.05) is 7.05 Å². The Bertz CT molecular complexity index is 61.9. The summed E-state index contributed by atoms with van der Waals surface area (Å²) in [7, 11) is 1.97. The lowest BCUT2D eigenvalue weighted by molar-refractivity contribution is 0.655. The van der Waals surface area contributed by atoms with Crippen molar-refractivity contribution in [3.05, 3.63) is 0 Å². The SMILES string of the molecule is CNCCCCCC=N. The van der Waals surface area contributed by atoms with Crippen molar-refractivity contribution in [1.82, 2.24) is 5.32 Å². The van der Waals surface area contributed by atoms with Crippen LogP contribution in [0.3, 0.4) is 0 Å². The lowest BCUT2D eigenvalue weighted by Gasteiger charge is -1.95. The molecule has 0 radical (unpaired) electrons. The maximum atomic E-state index is 6.74. The van der Waals surface area contributed by atoms with Gasteiger partial charge in [0.05, 0.1) is 0 Å². The zero-order valence-electron chi connectivity index (χ0n) is 6.11. The van der Waals surface area contributed by atoms with Crippen molar-refractivity contribution >= 4 is 6.21 Å². The van der Waals surface area contributed by atoms with Crippen molar-refractivity contribution in [2.45, 2.75) is 25.7 Å². The van der Waals surface area contributed by atoms with Crippen LogP contribution in [0.4, 0.5) is 0 Å². The minimum Gasteiger partial charge on any atom is -0.320 e. The Morgan fingerprint density at radius 3 is 2.67 bits per heavy atom. The first-order valence-electron chi connectivity index (χ1n) is 3.55. The van der Waals surface area contributed by atoms with Crippen LogP contribution in [-0.4, -0.2) is 19.8 Å². The van der Waals surface area contributed by atoms with Gasteiger partial charge in [-0.05, 0) is 39.1 Å². The first kappa shape index (κ1) is 8.63. The van der Waals surface area contributed by atoms with Crippen LogP contribution >= 0.6 is 0 Å². The second-order valence-corrected chi connectivity index (χ2v) is 2.16. The van der Waals surface area contributed by atoms with E-state index in [4.69, 9.17) is 5.41 Å². The van der Waals surface area contributed by atoms with Gasteiger partial charge in [0.2, 0.25) is 0 Å². The molecule has 0 unspecified atom stereocenters. The molecule has 0 aromatic heterocycles. The summed E-state index contributed by atoms with van der Waals surface area (Å²) in [6.07, 6.45) is 6.09. The van der Waals surface area contributed by atoms with Gasteiger partial charge in [-0.1, -0.05) is 6.42 Å². The van der Waals surface area contributed by atoms with E-state index in [0.717, 1.165) is 13.0 Å². The van der Waals surface area contributed by atoms with Gasteiger partial charge in [-0.3, -0.25) is 0 Å². The van der Waals surface area contributed by atoms with E-state index in [1.165, 1.54) is 25.5 Å². The molecule has 0 aromatic carbocycles. The van der Waals surface area contributed by atoms with Gasteiger partial charge in [-0.15, -0.1) is 0 Å². The van der Waals surface area contributed by atoms with E-state index in [0.29, 0.717) is 0 Å². The van der Waals surface area contributed by atoms with E-state index in [9.17, 15) is 0 Å². The fourth-order valence-corrected chi connectivity index (χ4v) is 0.725. The number of hydrogen-bond donors (Lipinski definition) is 2. The monoisotopic (exact) mass is 128 g/mol. The van der Waals surface area contributed by atoms with E-state index >= 15 is 0 Å². The standard InChI is InChI=1S/C7H16N2/c1-9-7-5-3-2-4-6-8/h6,8-9H,2-5,7H2,1H3. The van der Waals surface area contributed by atoms with Gasteiger partial charge in [0.15, 0.2) is 0 Å². The molecule has 0 aromatic rings. The third-order valence-electron chi connectivity index (χ3n) is 1.28. The maximum absolute atomic E-state index is 6.74. The quantitative estimate of drug-likeness (QED) is 0.412. The molecule has 0 saturated heterocycles. The van der Waals surface area contributed by atoms with Crippen LogP contribution in [0.25, 0.3) is 0 Å². The molecular weight excluding hydrogens is 112 g/mol. The fraction of sp³-hybridized carbons (Fsp3) is 0.857. The zero-order chi connectivity index (χ0) is 6.95. The highest BCUT2D eigenvalue weighted by molar-refractivity contribution is 5.52. The van der Waals surface area contributed by atoms with Crippen molar-refractivity contribution in [3.8, 4) is 0 Å². The average molecular weight is 128 g/mol. The summed E-state index contributed by atoms with van der Waals surface area (Å²) in [5.41, 5.74) is 0. The molecule has 2 N–H and O–H groups in total. The van der Waals surface area contributed by atoms with Gasteiger partial charge in [0.25, 0.3) is 0 Å². The minimum absolute atomic E-state index is 0.948. The Labute approximate surface area is 57.2 Å². The third-order valence-corrected chi connectivity index (χ3v) is 1.28. The summed E-state index contributed by atoms with van der Waals surface area (Å²) in [6, 6.07) is 0. The molecule has 0 atom stereocenters. The Hall–Kier alpha value is -0.370. The molecule has 0 fully saturated rings. The van der Waals surface area contributed by atoms with E-state index < -0.39 is 0 Å². The van der Waals surface area contributed by atoms with E-state index in [2.05, 4.69) is 5.32 Å². The van der Waals surface area contributed by atoms with Crippen LogP contribution in [0.1, 0.15) is 25.7 Å². The summed E-state index contributed by atoms with van der Waals surface area (Å²) in [5, 5.41) is 9.83. The van der Waals surface area contributed by atoms with Gasteiger partial charge in [0, 0.05) is 0 Å². The largest absolute Gasteiger partial charge is 0.320 e. The molecule has 54 valence electrons. The first-order chi connectivity index (χ1) is 4.41. The third kappa shape index (κ3) is 7.63. The van der Waals surface area contributed by atoms with Gasteiger partial charge < -0.3 is 10.7 Å². The first-order valence-corrected chi connectivity index (χ1v) is 3.55. The molecule has 2 heteroatoms. The van der Waals surface area contributed by atoms with Crippen LogP contribution in [0.15, 0.2) is 0 Å². The molecule has 0 aliphatic rings. The molecule has 9 heavy (non-hydrogen) atoms. The number of rotatable bonds is 6. The molecule has 0 aliphatic heterocycles. The molecule has 0 aliphatic carbocycles. The second-order valence-electron chi connectivity index (χ2n) is 2.16. The van der Waals surface area contributed by atoms with Crippen molar-refractivity contribution in [2.75, 3.05) is 13.6 Å². The van der Waals surface area contributed by atoms with E-state index in [-0.39, 0.29) is 0 Å². The predicted octanol–water partition coefficient (Wildman–Crippen LogP) is 1.42. The fourth-order valence-electron chi connectivity index (χ4n) is 0.725. The number of nitrogens with one attached hydrogen (secondary N) is 2. The lowest BCUT2D eigenvalue weighted by atomic mass is 10.2. The second kappa shape index (κ2) is 7.63. The Morgan fingerprint density at radius 1 is 1.33 bits per heavy atom. The molecule has 0 spiro atoms. The normalized spacial score (nSPS) is 9.44. The average Bonchev–Trinajstić information content (AvgIpc) is 1.89. The van der Waals surface area contributed by atoms with Crippen LogP contribution in [0.5, 0.6) is 0 Å². The van der Waals surface area contributed by atoms with Crippen molar-refractivity contribution in [2.24, 2.45) is 0 Å². The van der Waals surface area contributed by atoms with Gasteiger partial charge in [-0.25, -0.2) is 0 Å². The molecule has 2 nitrogen and oxygen atoms in total. The molecule has 0 saturated carbocycles. The highest BCUT2D eigenvalue weighted by Crippen LogP contribution is 1.95.